The Morgan fingerprint density at radius 1 is 1.08 bits per heavy atom. The van der Waals surface area contributed by atoms with Gasteiger partial charge in [-0.25, -0.2) is 0 Å². The van der Waals surface area contributed by atoms with Gasteiger partial charge in [-0.2, -0.15) is 0 Å². The number of methoxy groups -OCH3 is 1. The number of benzene rings is 2. The molecule has 9 nitrogen and oxygen atoms in total. The average Bonchev–Trinajstić information content (AvgIpc) is 3.64. The summed E-state index contributed by atoms with van der Waals surface area (Å²) in [5, 5.41) is 14.7. The van der Waals surface area contributed by atoms with Crippen LogP contribution in [0.3, 0.4) is 0 Å². The first-order valence-electron chi connectivity index (χ1n) is 11.1. The first kappa shape index (κ1) is 23.0. The van der Waals surface area contributed by atoms with Crippen molar-refractivity contribution in [3.8, 4) is 11.5 Å². The number of hydrogen-bond acceptors (Lipinski definition) is 8. The lowest BCUT2D eigenvalue weighted by molar-refractivity contribution is -0.117. The molecule has 182 valence electrons. The Labute approximate surface area is 206 Å². The first-order valence-corrected chi connectivity index (χ1v) is 11.1. The third-order valence-corrected chi connectivity index (χ3v) is 5.80. The van der Waals surface area contributed by atoms with Crippen LogP contribution in [0.4, 0.5) is 5.82 Å². The molecule has 2 aromatic carbocycles. The van der Waals surface area contributed by atoms with E-state index in [1.807, 2.05) is 30.3 Å². The van der Waals surface area contributed by atoms with E-state index in [1.165, 1.54) is 24.3 Å². The Morgan fingerprint density at radius 2 is 1.89 bits per heavy atom. The van der Waals surface area contributed by atoms with Gasteiger partial charge in [-0.15, -0.1) is 0 Å². The highest BCUT2D eigenvalue weighted by Crippen LogP contribution is 2.43. The summed E-state index contributed by atoms with van der Waals surface area (Å²) in [4.78, 5) is 27.7. The predicted octanol–water partition coefficient (Wildman–Crippen LogP) is 4.95. The lowest BCUT2D eigenvalue weighted by Gasteiger charge is -2.25. The number of ether oxygens (including phenoxy) is 2. The molecule has 3 heterocycles. The lowest BCUT2D eigenvalue weighted by atomic mass is 9.94. The third kappa shape index (κ3) is 4.11. The number of Topliss-reactive ketones (excluding diaryl/α,β-unsaturated/α-hetero) is 1. The van der Waals surface area contributed by atoms with Gasteiger partial charge in [0.2, 0.25) is 5.78 Å². The molecule has 0 bridgehead atoms. The molecule has 4 aromatic rings. The summed E-state index contributed by atoms with van der Waals surface area (Å²) in [5.74, 6) is -0.626. The molecule has 1 amide bonds. The van der Waals surface area contributed by atoms with Gasteiger partial charge in [-0.1, -0.05) is 41.6 Å². The maximum absolute atomic E-state index is 13.3. The minimum absolute atomic E-state index is 0.0117. The van der Waals surface area contributed by atoms with E-state index in [0.717, 1.165) is 5.56 Å². The largest absolute Gasteiger partial charge is 0.503 e. The molecule has 0 saturated heterocycles. The van der Waals surface area contributed by atoms with Crippen molar-refractivity contribution in [3.63, 3.8) is 0 Å². The molecule has 1 N–H and O–H groups in total. The van der Waals surface area contributed by atoms with Gasteiger partial charge in [0, 0.05) is 6.07 Å². The fraction of sp³-hybridized carbons (Fsp3) is 0.148. The van der Waals surface area contributed by atoms with Gasteiger partial charge in [0.05, 0.1) is 25.0 Å². The Balaban J connectivity index is 1.56. The molecular weight excluding hydrogens is 464 g/mol. The molecule has 5 rings (SSSR count). The summed E-state index contributed by atoms with van der Waals surface area (Å²) in [5.41, 5.74) is 1.33. The zero-order valence-corrected chi connectivity index (χ0v) is 19.5. The second kappa shape index (κ2) is 9.46. The molecule has 0 unspecified atom stereocenters. The van der Waals surface area contributed by atoms with Crippen LogP contribution in [0.2, 0.25) is 0 Å². The highest BCUT2D eigenvalue weighted by atomic mass is 16.5. The van der Waals surface area contributed by atoms with Gasteiger partial charge in [-0.05, 0) is 42.3 Å². The molecule has 1 aliphatic rings. The Morgan fingerprint density at radius 3 is 2.56 bits per heavy atom. The average molecular weight is 486 g/mol. The molecule has 0 aliphatic carbocycles. The van der Waals surface area contributed by atoms with Crippen LogP contribution in [0.1, 0.15) is 33.5 Å². The van der Waals surface area contributed by atoms with Crippen molar-refractivity contribution >= 4 is 17.5 Å². The van der Waals surface area contributed by atoms with Crippen molar-refractivity contribution < 1.29 is 33.1 Å². The topological polar surface area (TPSA) is 115 Å². The van der Waals surface area contributed by atoms with Crippen LogP contribution in [0, 0.1) is 6.92 Å². The lowest BCUT2D eigenvalue weighted by Crippen LogP contribution is -2.31. The quantitative estimate of drug-likeness (QED) is 0.348. The molecule has 0 spiro atoms. The molecule has 9 heteroatoms. The van der Waals surface area contributed by atoms with E-state index < -0.39 is 23.5 Å². The normalized spacial score (nSPS) is 15.4. The van der Waals surface area contributed by atoms with Gasteiger partial charge in [-0.3, -0.25) is 14.5 Å². The van der Waals surface area contributed by atoms with Crippen LogP contribution < -0.4 is 14.4 Å². The fourth-order valence-corrected chi connectivity index (χ4v) is 4.11. The maximum atomic E-state index is 13.3. The van der Waals surface area contributed by atoms with E-state index in [0.29, 0.717) is 29.4 Å². The van der Waals surface area contributed by atoms with Gasteiger partial charge in [0.15, 0.2) is 28.8 Å². The molecule has 0 fully saturated rings. The number of furan rings is 1. The first-order chi connectivity index (χ1) is 17.5. The smallest absolute Gasteiger partial charge is 0.295 e. The van der Waals surface area contributed by atoms with E-state index in [2.05, 4.69) is 5.16 Å². The van der Waals surface area contributed by atoms with Gasteiger partial charge in [0.1, 0.15) is 12.4 Å². The van der Waals surface area contributed by atoms with Crippen molar-refractivity contribution in [1.29, 1.82) is 0 Å². The summed E-state index contributed by atoms with van der Waals surface area (Å²) >= 11 is 0. The summed E-state index contributed by atoms with van der Waals surface area (Å²) in [6, 6.07) is 18.3. The van der Waals surface area contributed by atoms with Crippen molar-refractivity contribution in [3.05, 3.63) is 107 Å². The highest BCUT2D eigenvalue weighted by molar-refractivity contribution is 6.19. The highest BCUT2D eigenvalue weighted by Gasteiger charge is 2.46. The number of ketones is 1. The monoisotopic (exact) mass is 486 g/mol. The molecule has 1 atom stereocenters. The number of aliphatic hydroxyl groups is 1. The fourth-order valence-electron chi connectivity index (χ4n) is 4.11. The number of carbonyl (C=O) groups excluding carboxylic acids is 2. The van der Waals surface area contributed by atoms with E-state index in [9.17, 15) is 14.7 Å². The van der Waals surface area contributed by atoms with Crippen LogP contribution in [-0.4, -0.2) is 29.1 Å². The zero-order chi connectivity index (χ0) is 25.2. The molecule has 2 aromatic heterocycles. The van der Waals surface area contributed by atoms with Crippen LogP contribution in [0.15, 0.2) is 93.3 Å². The van der Waals surface area contributed by atoms with Crippen molar-refractivity contribution in [2.75, 3.05) is 12.0 Å². The number of hydrogen-bond donors (Lipinski definition) is 1. The van der Waals surface area contributed by atoms with Gasteiger partial charge >= 0.3 is 0 Å². The van der Waals surface area contributed by atoms with Crippen LogP contribution in [0.25, 0.3) is 0 Å². The number of aliphatic hydroxyl groups excluding tert-OH is 1. The molecule has 36 heavy (non-hydrogen) atoms. The van der Waals surface area contributed by atoms with Gasteiger partial charge in [0.25, 0.3) is 5.91 Å². The Hall–Kier alpha value is -4.79. The van der Waals surface area contributed by atoms with Crippen LogP contribution in [-0.2, 0) is 11.4 Å². The van der Waals surface area contributed by atoms with Crippen LogP contribution >= 0.6 is 0 Å². The number of rotatable bonds is 8. The summed E-state index contributed by atoms with van der Waals surface area (Å²) < 4.78 is 21.9. The minimum Gasteiger partial charge on any atom is -0.503 e. The van der Waals surface area contributed by atoms with Gasteiger partial charge < -0.3 is 23.5 Å². The number of carbonyl (C=O) groups is 2. The van der Waals surface area contributed by atoms with Crippen molar-refractivity contribution in [2.24, 2.45) is 0 Å². The predicted molar refractivity (Wildman–Crippen MR) is 128 cm³/mol. The molecule has 0 saturated carbocycles. The summed E-state index contributed by atoms with van der Waals surface area (Å²) in [7, 11) is 1.50. The van der Waals surface area contributed by atoms with E-state index in [-0.39, 0.29) is 17.2 Å². The minimum atomic E-state index is -1.02. The van der Waals surface area contributed by atoms with Crippen molar-refractivity contribution in [1.82, 2.24) is 5.16 Å². The zero-order valence-electron chi connectivity index (χ0n) is 19.5. The second-order valence-electron chi connectivity index (χ2n) is 8.13. The third-order valence-electron chi connectivity index (χ3n) is 5.80. The molecule has 0 radical (unpaired) electrons. The van der Waals surface area contributed by atoms with Crippen molar-refractivity contribution in [2.45, 2.75) is 19.6 Å². The summed E-state index contributed by atoms with van der Waals surface area (Å²) in [6.45, 7) is 2.00. The second-order valence-corrected chi connectivity index (χ2v) is 8.13. The molecule has 1 aliphatic heterocycles. The SMILES string of the molecule is COc1cc([C@@H]2C(C(=O)c3ccco3)=C(O)C(=O)N2c2cc(C)on2)ccc1OCc1ccccc1. The maximum Gasteiger partial charge on any atom is 0.295 e. The standard InChI is InChI=1S/C27H22N2O7/c1-16-13-22(28-36-16)29-24(23(26(31)27(29)32)25(30)20-9-6-12-34-20)18-10-11-19(21(14-18)33-2)35-15-17-7-4-3-5-8-17/h3-14,24,31H,15H2,1-2H3/t24-/m1/s1. The van der Waals surface area contributed by atoms with E-state index >= 15 is 0 Å². The summed E-state index contributed by atoms with van der Waals surface area (Å²) in [6.07, 6.45) is 1.34. The van der Waals surface area contributed by atoms with E-state index in [1.54, 1.807) is 37.3 Å². The number of aryl methyl sites for hydroxylation is 1. The number of aromatic nitrogens is 1. The Kier molecular flexibility index (Phi) is 6.03. The Bertz CT molecular complexity index is 1440. The number of amides is 1. The van der Waals surface area contributed by atoms with E-state index in [4.69, 9.17) is 18.4 Å². The molecular formula is C27H22N2O7. The van der Waals surface area contributed by atoms with Crippen LogP contribution in [0.5, 0.6) is 11.5 Å². The number of nitrogens with zero attached hydrogens (tertiary/aromatic N) is 2. The number of anilines is 1.